The normalized spacial score (nSPS) is 13.4. The summed E-state index contributed by atoms with van der Waals surface area (Å²) in [7, 11) is 0. The Morgan fingerprint density at radius 3 is 2.76 bits per heavy atom. The molecule has 1 aromatic carbocycles. The molecule has 1 aromatic rings. The number of para-hydroxylation sites is 1. The lowest BCUT2D eigenvalue weighted by Crippen LogP contribution is -2.22. The van der Waals surface area contributed by atoms with Crippen LogP contribution in [-0.2, 0) is 0 Å². The number of anilines is 1. The number of rotatable bonds is 6. The number of hydrogen-bond donors (Lipinski definition) is 3. The minimum Gasteiger partial charge on any atom is -0.396 e. The second kappa shape index (κ2) is 7.68. The summed E-state index contributed by atoms with van der Waals surface area (Å²) in [6, 6.07) is 9.72. The average molecular weight is 235 g/mol. The van der Waals surface area contributed by atoms with Crippen molar-refractivity contribution in [3.8, 4) is 0 Å². The van der Waals surface area contributed by atoms with E-state index in [4.69, 9.17) is 10.8 Å². The SMILES string of the molecule is CC(CO)CCCN=C(N)Nc1ccccc1. The zero-order valence-electron chi connectivity index (χ0n) is 10.3. The van der Waals surface area contributed by atoms with Gasteiger partial charge in [-0.1, -0.05) is 25.1 Å². The van der Waals surface area contributed by atoms with E-state index >= 15 is 0 Å². The van der Waals surface area contributed by atoms with Gasteiger partial charge in [-0.05, 0) is 30.9 Å². The lowest BCUT2D eigenvalue weighted by Gasteiger charge is -2.07. The van der Waals surface area contributed by atoms with Crippen LogP contribution >= 0.6 is 0 Å². The molecule has 0 aromatic heterocycles. The molecular formula is C13H21N3O. The van der Waals surface area contributed by atoms with E-state index in [1.807, 2.05) is 37.3 Å². The Labute approximate surface area is 103 Å². The number of hydrogen-bond acceptors (Lipinski definition) is 2. The Morgan fingerprint density at radius 2 is 2.12 bits per heavy atom. The van der Waals surface area contributed by atoms with E-state index in [-0.39, 0.29) is 6.61 Å². The number of nitrogens with one attached hydrogen (secondary N) is 1. The van der Waals surface area contributed by atoms with Gasteiger partial charge < -0.3 is 16.2 Å². The molecule has 4 N–H and O–H groups in total. The highest BCUT2D eigenvalue weighted by molar-refractivity contribution is 5.92. The van der Waals surface area contributed by atoms with E-state index in [9.17, 15) is 0 Å². The smallest absolute Gasteiger partial charge is 0.193 e. The van der Waals surface area contributed by atoms with E-state index in [0.29, 0.717) is 18.4 Å². The minimum absolute atomic E-state index is 0.238. The van der Waals surface area contributed by atoms with Crippen LogP contribution in [0.1, 0.15) is 19.8 Å². The summed E-state index contributed by atoms with van der Waals surface area (Å²) in [6.45, 7) is 2.95. The summed E-state index contributed by atoms with van der Waals surface area (Å²) >= 11 is 0. The van der Waals surface area contributed by atoms with Gasteiger partial charge in [-0.15, -0.1) is 0 Å². The van der Waals surface area contributed by atoms with E-state index in [2.05, 4.69) is 10.3 Å². The zero-order chi connectivity index (χ0) is 12.5. The Hall–Kier alpha value is -1.55. The zero-order valence-corrected chi connectivity index (χ0v) is 10.3. The van der Waals surface area contributed by atoms with Gasteiger partial charge in [-0.3, -0.25) is 4.99 Å². The van der Waals surface area contributed by atoms with Crippen molar-refractivity contribution in [1.29, 1.82) is 0 Å². The van der Waals surface area contributed by atoms with E-state index in [1.165, 1.54) is 0 Å². The predicted molar refractivity (Wildman–Crippen MR) is 72.0 cm³/mol. The number of benzene rings is 1. The number of aliphatic hydroxyl groups excluding tert-OH is 1. The second-order valence-corrected chi connectivity index (χ2v) is 4.19. The highest BCUT2D eigenvalue weighted by Crippen LogP contribution is 2.05. The Morgan fingerprint density at radius 1 is 1.41 bits per heavy atom. The molecule has 0 amide bonds. The molecule has 0 bridgehead atoms. The number of nitrogens with two attached hydrogens (primary N) is 1. The molecule has 1 unspecified atom stereocenters. The molecule has 0 heterocycles. The van der Waals surface area contributed by atoms with Crippen molar-refractivity contribution >= 4 is 11.6 Å². The molecule has 0 aliphatic rings. The maximum Gasteiger partial charge on any atom is 0.193 e. The van der Waals surface area contributed by atoms with Gasteiger partial charge in [-0.25, -0.2) is 0 Å². The molecule has 1 rings (SSSR count). The second-order valence-electron chi connectivity index (χ2n) is 4.19. The molecule has 0 saturated heterocycles. The fourth-order valence-electron chi connectivity index (χ4n) is 1.44. The summed E-state index contributed by atoms with van der Waals surface area (Å²) < 4.78 is 0. The largest absolute Gasteiger partial charge is 0.396 e. The third kappa shape index (κ3) is 5.92. The number of aliphatic hydroxyl groups is 1. The molecule has 1 atom stereocenters. The average Bonchev–Trinajstić information content (AvgIpc) is 2.35. The van der Waals surface area contributed by atoms with Crippen molar-refractivity contribution < 1.29 is 5.11 Å². The fraction of sp³-hybridized carbons (Fsp3) is 0.462. The third-order valence-electron chi connectivity index (χ3n) is 2.50. The van der Waals surface area contributed by atoms with Crippen molar-refractivity contribution in [2.24, 2.45) is 16.6 Å². The fourth-order valence-corrected chi connectivity index (χ4v) is 1.44. The molecule has 4 heteroatoms. The van der Waals surface area contributed by atoms with Crippen molar-refractivity contribution in [3.63, 3.8) is 0 Å². The lowest BCUT2D eigenvalue weighted by molar-refractivity contribution is 0.229. The molecule has 0 radical (unpaired) electrons. The number of aliphatic imine (C=N–C) groups is 1. The van der Waals surface area contributed by atoms with Crippen LogP contribution in [0.2, 0.25) is 0 Å². The van der Waals surface area contributed by atoms with Crippen LogP contribution in [-0.4, -0.2) is 24.2 Å². The predicted octanol–water partition coefficient (Wildman–Crippen LogP) is 1.82. The summed E-state index contributed by atoms with van der Waals surface area (Å²) in [5.74, 6) is 0.779. The number of guanidine groups is 1. The summed E-state index contributed by atoms with van der Waals surface area (Å²) in [6.07, 6.45) is 1.91. The highest BCUT2D eigenvalue weighted by Gasteiger charge is 1.98. The van der Waals surface area contributed by atoms with Gasteiger partial charge in [0.1, 0.15) is 0 Å². The van der Waals surface area contributed by atoms with Gasteiger partial charge in [0.05, 0.1) is 0 Å². The standard InChI is InChI=1S/C13H21N3O/c1-11(10-17)6-5-9-15-13(14)16-12-7-3-2-4-8-12/h2-4,7-8,11,17H,5-6,9-10H2,1H3,(H3,14,15,16). The molecule has 0 aliphatic heterocycles. The van der Waals surface area contributed by atoms with Gasteiger partial charge >= 0.3 is 0 Å². The first kappa shape index (κ1) is 13.5. The van der Waals surface area contributed by atoms with Crippen LogP contribution < -0.4 is 11.1 Å². The molecular weight excluding hydrogens is 214 g/mol. The van der Waals surface area contributed by atoms with Crippen LogP contribution in [0.15, 0.2) is 35.3 Å². The first-order valence-electron chi connectivity index (χ1n) is 5.95. The maximum atomic E-state index is 8.87. The summed E-state index contributed by atoms with van der Waals surface area (Å²) in [4.78, 5) is 4.23. The Balaban J connectivity index is 2.26. The molecule has 94 valence electrons. The molecule has 0 fully saturated rings. The summed E-state index contributed by atoms with van der Waals surface area (Å²) in [5, 5.41) is 11.9. The van der Waals surface area contributed by atoms with Gasteiger partial charge in [0.15, 0.2) is 5.96 Å². The van der Waals surface area contributed by atoms with Crippen molar-refractivity contribution in [3.05, 3.63) is 30.3 Å². The lowest BCUT2D eigenvalue weighted by atomic mass is 10.1. The molecule has 4 nitrogen and oxygen atoms in total. The quantitative estimate of drug-likeness (QED) is 0.400. The van der Waals surface area contributed by atoms with Crippen molar-refractivity contribution in [2.45, 2.75) is 19.8 Å². The topological polar surface area (TPSA) is 70.6 Å². The van der Waals surface area contributed by atoms with Crippen molar-refractivity contribution in [2.75, 3.05) is 18.5 Å². The van der Waals surface area contributed by atoms with Crippen molar-refractivity contribution in [1.82, 2.24) is 0 Å². The molecule has 0 aliphatic carbocycles. The highest BCUT2D eigenvalue weighted by atomic mass is 16.3. The monoisotopic (exact) mass is 235 g/mol. The van der Waals surface area contributed by atoms with Gasteiger partial charge in [0.2, 0.25) is 0 Å². The maximum absolute atomic E-state index is 8.87. The number of nitrogens with zero attached hydrogens (tertiary/aromatic N) is 1. The Kier molecular flexibility index (Phi) is 6.10. The molecule has 0 saturated carbocycles. The van der Waals surface area contributed by atoms with Crippen LogP contribution in [0.3, 0.4) is 0 Å². The van der Waals surface area contributed by atoms with Crippen LogP contribution in [0.5, 0.6) is 0 Å². The van der Waals surface area contributed by atoms with Crippen LogP contribution in [0, 0.1) is 5.92 Å². The van der Waals surface area contributed by atoms with Gasteiger partial charge in [0.25, 0.3) is 0 Å². The Bertz CT molecular complexity index is 338. The van der Waals surface area contributed by atoms with E-state index in [0.717, 1.165) is 18.5 Å². The minimum atomic E-state index is 0.238. The van der Waals surface area contributed by atoms with Gasteiger partial charge in [0, 0.05) is 18.8 Å². The molecule has 0 spiro atoms. The summed E-state index contributed by atoms with van der Waals surface area (Å²) in [5.41, 5.74) is 6.69. The van der Waals surface area contributed by atoms with E-state index < -0.39 is 0 Å². The van der Waals surface area contributed by atoms with Crippen LogP contribution in [0.25, 0.3) is 0 Å². The van der Waals surface area contributed by atoms with Crippen LogP contribution in [0.4, 0.5) is 5.69 Å². The first-order chi connectivity index (χ1) is 8.22. The van der Waals surface area contributed by atoms with Gasteiger partial charge in [-0.2, -0.15) is 0 Å². The van der Waals surface area contributed by atoms with E-state index in [1.54, 1.807) is 0 Å². The third-order valence-corrected chi connectivity index (χ3v) is 2.50. The first-order valence-corrected chi connectivity index (χ1v) is 5.95. The molecule has 17 heavy (non-hydrogen) atoms.